The molecule has 2 heterocycles. The van der Waals surface area contributed by atoms with Crippen molar-refractivity contribution < 1.29 is 4.42 Å². The second-order valence-electron chi connectivity index (χ2n) is 13.3. The van der Waals surface area contributed by atoms with Gasteiger partial charge in [0.1, 0.15) is 11.2 Å². The number of fused-ring (bicyclic) bond motifs is 9. The van der Waals surface area contributed by atoms with Crippen LogP contribution in [-0.2, 0) is 5.41 Å². The summed E-state index contributed by atoms with van der Waals surface area (Å²) in [7, 11) is 0. The first-order chi connectivity index (χ1) is 23.6. The summed E-state index contributed by atoms with van der Waals surface area (Å²) in [4.78, 5) is 2.45. The van der Waals surface area contributed by atoms with Gasteiger partial charge in [0.2, 0.25) is 0 Å². The van der Waals surface area contributed by atoms with Gasteiger partial charge in [0.25, 0.3) is 0 Å². The smallest absolute Gasteiger partial charge is 0.136 e. The van der Waals surface area contributed by atoms with Crippen molar-refractivity contribution in [2.75, 3.05) is 4.90 Å². The highest BCUT2D eigenvalue weighted by Crippen LogP contribution is 2.52. The number of thiophene rings is 1. The average Bonchev–Trinajstić information content (AvgIpc) is 3.76. The molecule has 2 aromatic heterocycles. The van der Waals surface area contributed by atoms with Crippen LogP contribution in [0.5, 0.6) is 0 Å². The van der Waals surface area contributed by atoms with Crippen molar-refractivity contribution in [3.8, 4) is 22.3 Å². The van der Waals surface area contributed by atoms with E-state index < -0.39 is 0 Å². The van der Waals surface area contributed by atoms with Gasteiger partial charge in [0.15, 0.2) is 0 Å². The minimum absolute atomic E-state index is 0.0544. The molecule has 0 bridgehead atoms. The van der Waals surface area contributed by atoms with Crippen LogP contribution in [-0.4, -0.2) is 0 Å². The van der Waals surface area contributed by atoms with Gasteiger partial charge < -0.3 is 9.32 Å². The first-order valence-corrected chi connectivity index (χ1v) is 17.3. The molecule has 48 heavy (non-hydrogen) atoms. The Kier molecular flexibility index (Phi) is 5.82. The van der Waals surface area contributed by atoms with Crippen molar-refractivity contribution in [2.45, 2.75) is 19.3 Å². The summed E-state index contributed by atoms with van der Waals surface area (Å²) >= 11 is 1.86. The van der Waals surface area contributed by atoms with E-state index in [0.717, 1.165) is 50.1 Å². The van der Waals surface area contributed by atoms with E-state index in [9.17, 15) is 0 Å². The summed E-state index contributed by atoms with van der Waals surface area (Å²) in [5.74, 6) is 0. The highest BCUT2D eigenvalue weighted by Gasteiger charge is 2.35. The Morgan fingerprint density at radius 3 is 2.04 bits per heavy atom. The van der Waals surface area contributed by atoms with Gasteiger partial charge in [-0.3, -0.25) is 0 Å². The van der Waals surface area contributed by atoms with Crippen molar-refractivity contribution in [3.63, 3.8) is 0 Å². The summed E-state index contributed by atoms with van der Waals surface area (Å²) in [5, 5.41) is 4.88. The maximum Gasteiger partial charge on any atom is 0.136 e. The summed E-state index contributed by atoms with van der Waals surface area (Å²) in [6.07, 6.45) is 0. The summed E-state index contributed by atoms with van der Waals surface area (Å²) < 4.78 is 8.95. The highest BCUT2D eigenvalue weighted by atomic mass is 32.1. The lowest BCUT2D eigenvalue weighted by Crippen LogP contribution is -2.15. The topological polar surface area (TPSA) is 16.4 Å². The number of anilines is 3. The number of nitrogens with zero attached hydrogens (tertiary/aromatic N) is 1. The van der Waals surface area contributed by atoms with Gasteiger partial charge in [0.05, 0.1) is 5.69 Å². The van der Waals surface area contributed by atoms with Crippen molar-refractivity contribution in [1.29, 1.82) is 0 Å². The number of para-hydroxylation sites is 2. The third-order valence-corrected chi connectivity index (χ3v) is 11.4. The molecule has 3 heteroatoms. The van der Waals surface area contributed by atoms with Gasteiger partial charge in [-0.25, -0.2) is 0 Å². The standard InChI is InChI=1S/C45H31NOS/c1-45(2)37-17-7-3-12-30(37)36-26-28(23-25-38(36)45)46(29-22-24-33-32-14-6-10-21-42(32)48-43(33)27-29)39-18-8-4-13-31(39)34-16-11-20-41-44(34)35-15-5-9-19-40(35)47-41/h3-27H,1-2H3. The fraction of sp³-hybridized carbons (Fsp3) is 0.0667. The molecule has 0 aliphatic heterocycles. The summed E-state index contributed by atoms with van der Waals surface area (Å²) in [6.45, 7) is 4.69. The molecule has 7 aromatic carbocycles. The van der Waals surface area contributed by atoms with Crippen molar-refractivity contribution in [2.24, 2.45) is 0 Å². The van der Waals surface area contributed by atoms with Crippen LogP contribution in [0.4, 0.5) is 17.1 Å². The van der Waals surface area contributed by atoms with Crippen LogP contribution in [0.2, 0.25) is 0 Å². The van der Waals surface area contributed by atoms with Crippen molar-refractivity contribution in [1.82, 2.24) is 0 Å². The van der Waals surface area contributed by atoms with E-state index in [2.05, 4.69) is 164 Å². The largest absolute Gasteiger partial charge is 0.456 e. The quantitative estimate of drug-likeness (QED) is 0.192. The zero-order valence-corrected chi connectivity index (χ0v) is 27.5. The van der Waals surface area contributed by atoms with Gasteiger partial charge in [-0.05, 0) is 76.3 Å². The first kappa shape index (κ1) is 27.5. The minimum Gasteiger partial charge on any atom is -0.456 e. The van der Waals surface area contributed by atoms with Crippen LogP contribution >= 0.6 is 11.3 Å². The number of furan rings is 1. The molecule has 228 valence electrons. The lowest BCUT2D eigenvalue weighted by Gasteiger charge is -2.29. The van der Waals surface area contributed by atoms with Gasteiger partial charge in [-0.15, -0.1) is 11.3 Å². The van der Waals surface area contributed by atoms with Crippen molar-refractivity contribution in [3.05, 3.63) is 163 Å². The van der Waals surface area contributed by atoms with Gasteiger partial charge in [-0.1, -0.05) is 117 Å². The zero-order valence-electron chi connectivity index (χ0n) is 26.7. The number of benzene rings is 7. The molecular formula is C45H31NOS. The summed E-state index contributed by atoms with van der Waals surface area (Å²) in [5.41, 5.74) is 12.9. The maximum atomic E-state index is 6.35. The van der Waals surface area contributed by atoms with E-state index in [1.807, 2.05) is 17.4 Å². The Labute approximate surface area is 283 Å². The molecule has 0 radical (unpaired) electrons. The lowest BCUT2D eigenvalue weighted by molar-refractivity contribution is 0.660. The average molecular weight is 634 g/mol. The van der Waals surface area contributed by atoms with Gasteiger partial charge in [-0.2, -0.15) is 0 Å². The molecule has 10 rings (SSSR count). The lowest BCUT2D eigenvalue weighted by atomic mass is 9.82. The molecule has 1 aliphatic carbocycles. The monoisotopic (exact) mass is 633 g/mol. The molecule has 0 N–H and O–H groups in total. The Balaban J connectivity index is 1.25. The molecule has 0 amide bonds. The molecule has 0 saturated heterocycles. The third kappa shape index (κ3) is 3.92. The first-order valence-electron chi connectivity index (χ1n) is 16.5. The molecule has 0 fully saturated rings. The molecule has 0 saturated carbocycles. The van der Waals surface area contributed by atoms with Crippen molar-refractivity contribution >= 4 is 70.5 Å². The Hall–Kier alpha value is -5.64. The number of hydrogen-bond donors (Lipinski definition) is 0. The fourth-order valence-electron chi connectivity index (χ4n) is 8.02. The van der Waals surface area contributed by atoms with Crippen LogP contribution in [0.1, 0.15) is 25.0 Å². The Morgan fingerprint density at radius 1 is 0.479 bits per heavy atom. The van der Waals surface area contributed by atoms with E-state index in [0.29, 0.717) is 0 Å². The Morgan fingerprint density at radius 2 is 1.12 bits per heavy atom. The predicted molar refractivity (Wildman–Crippen MR) is 204 cm³/mol. The van der Waals surface area contributed by atoms with Gasteiger partial charge in [0, 0.05) is 53.3 Å². The molecular weight excluding hydrogens is 603 g/mol. The van der Waals surface area contributed by atoms with Crippen LogP contribution in [0.25, 0.3) is 64.4 Å². The SMILES string of the molecule is CC1(C)c2ccccc2-c2cc(N(c3ccc4c(c3)sc3ccccc34)c3ccccc3-c3cccc4oc5ccccc5c34)ccc21. The van der Waals surface area contributed by atoms with Crippen LogP contribution in [0.3, 0.4) is 0 Å². The molecule has 0 atom stereocenters. The van der Waals surface area contributed by atoms with E-state index in [1.165, 1.54) is 42.4 Å². The van der Waals surface area contributed by atoms with Crippen LogP contribution in [0.15, 0.2) is 156 Å². The number of hydrogen-bond acceptors (Lipinski definition) is 3. The van der Waals surface area contributed by atoms with Crippen LogP contribution in [0, 0.1) is 0 Å². The number of rotatable bonds is 4. The predicted octanol–water partition coefficient (Wildman–Crippen LogP) is 13.4. The molecule has 1 aliphatic rings. The molecule has 9 aromatic rings. The molecule has 0 unspecified atom stereocenters. The zero-order chi connectivity index (χ0) is 32.0. The second-order valence-corrected chi connectivity index (χ2v) is 14.4. The molecule has 2 nitrogen and oxygen atoms in total. The second kappa shape index (κ2) is 10.2. The van der Waals surface area contributed by atoms with E-state index >= 15 is 0 Å². The fourth-order valence-corrected chi connectivity index (χ4v) is 9.16. The molecule has 0 spiro atoms. The normalized spacial score (nSPS) is 13.4. The van der Waals surface area contributed by atoms with E-state index in [-0.39, 0.29) is 5.41 Å². The highest BCUT2D eigenvalue weighted by molar-refractivity contribution is 7.25. The maximum absolute atomic E-state index is 6.35. The minimum atomic E-state index is -0.0544. The van der Waals surface area contributed by atoms with Crippen LogP contribution < -0.4 is 4.90 Å². The summed E-state index contributed by atoms with van der Waals surface area (Å²) in [6, 6.07) is 55.2. The van der Waals surface area contributed by atoms with Gasteiger partial charge >= 0.3 is 0 Å². The third-order valence-electron chi connectivity index (χ3n) is 10.3. The Bertz CT molecular complexity index is 2730. The van der Waals surface area contributed by atoms with E-state index in [4.69, 9.17) is 4.42 Å². The van der Waals surface area contributed by atoms with E-state index in [1.54, 1.807) is 0 Å².